The van der Waals surface area contributed by atoms with Gasteiger partial charge in [0, 0.05) is 70.7 Å². The summed E-state index contributed by atoms with van der Waals surface area (Å²) in [5.74, 6) is 1.95. The molecule has 1 heterocycles. The third-order valence-corrected chi connectivity index (χ3v) is 5.63. The lowest BCUT2D eigenvalue weighted by Gasteiger charge is -2.37. The smallest absolute Gasteiger partial charge is 0.194 e. The molecule has 170 valence electrons. The summed E-state index contributed by atoms with van der Waals surface area (Å²) in [6.07, 6.45) is 2.64. The molecular weight excluding hydrogens is 493 g/mol. The van der Waals surface area contributed by atoms with E-state index in [1.165, 1.54) is 18.5 Å². The largest absolute Gasteiger partial charge is 0.497 e. The van der Waals surface area contributed by atoms with Crippen LogP contribution in [0.4, 0.5) is 5.69 Å². The number of nitrogens with one attached hydrogen (secondary N) is 1. The van der Waals surface area contributed by atoms with Crippen LogP contribution in [0.2, 0.25) is 0 Å². The number of benzene rings is 1. The number of guanidine groups is 1. The summed E-state index contributed by atoms with van der Waals surface area (Å²) in [5.41, 5.74) is 1.23. The van der Waals surface area contributed by atoms with Crippen LogP contribution in [0.5, 0.6) is 5.75 Å². The fraction of sp³-hybridized carbons (Fsp3) is 0.682. The number of anilines is 1. The maximum absolute atomic E-state index is 5.37. The molecule has 1 saturated carbocycles. The van der Waals surface area contributed by atoms with E-state index in [4.69, 9.17) is 14.5 Å². The molecule has 3 rings (SSSR count). The highest BCUT2D eigenvalue weighted by Gasteiger charge is 2.28. The van der Waals surface area contributed by atoms with Gasteiger partial charge in [-0.15, -0.1) is 24.0 Å². The van der Waals surface area contributed by atoms with Gasteiger partial charge < -0.3 is 24.6 Å². The average Bonchev–Trinajstić information content (AvgIpc) is 3.61. The van der Waals surface area contributed by atoms with Crippen LogP contribution in [-0.4, -0.2) is 95.0 Å². The predicted octanol–water partition coefficient (Wildman–Crippen LogP) is 2.51. The first-order valence-electron chi connectivity index (χ1n) is 10.9. The molecule has 0 atom stereocenters. The molecule has 0 amide bonds. The normalized spacial score (nSPS) is 17.1. The van der Waals surface area contributed by atoms with Crippen molar-refractivity contribution in [3.05, 3.63) is 24.3 Å². The molecule has 1 aliphatic carbocycles. The molecule has 1 aromatic carbocycles. The van der Waals surface area contributed by atoms with E-state index in [0.29, 0.717) is 0 Å². The molecule has 30 heavy (non-hydrogen) atoms. The molecule has 2 fully saturated rings. The van der Waals surface area contributed by atoms with Gasteiger partial charge in [-0.2, -0.15) is 0 Å². The molecule has 0 radical (unpaired) electrons. The topological polar surface area (TPSA) is 52.6 Å². The summed E-state index contributed by atoms with van der Waals surface area (Å²) in [6, 6.07) is 9.06. The van der Waals surface area contributed by atoms with Gasteiger partial charge >= 0.3 is 0 Å². The van der Waals surface area contributed by atoms with Crippen LogP contribution in [0.3, 0.4) is 0 Å². The van der Waals surface area contributed by atoms with Crippen LogP contribution in [0.25, 0.3) is 0 Å². The second kappa shape index (κ2) is 13.2. The van der Waals surface area contributed by atoms with Crippen molar-refractivity contribution in [2.24, 2.45) is 4.99 Å². The molecule has 1 N–H and O–H groups in total. The van der Waals surface area contributed by atoms with E-state index in [0.717, 1.165) is 76.7 Å². The number of hydrogen-bond donors (Lipinski definition) is 1. The van der Waals surface area contributed by atoms with Crippen LogP contribution in [-0.2, 0) is 4.74 Å². The van der Waals surface area contributed by atoms with Gasteiger partial charge in [0.05, 0.1) is 20.3 Å². The van der Waals surface area contributed by atoms with E-state index >= 15 is 0 Å². The van der Waals surface area contributed by atoms with Crippen LogP contribution in [0, 0.1) is 0 Å². The maximum Gasteiger partial charge on any atom is 0.194 e. The molecule has 8 heteroatoms. The summed E-state index contributed by atoms with van der Waals surface area (Å²) < 4.78 is 10.6. The van der Waals surface area contributed by atoms with Crippen molar-refractivity contribution in [2.75, 3.05) is 78.1 Å². The van der Waals surface area contributed by atoms with E-state index in [1.807, 2.05) is 6.07 Å². The van der Waals surface area contributed by atoms with E-state index in [1.54, 1.807) is 14.2 Å². The quantitative estimate of drug-likeness (QED) is 0.285. The minimum Gasteiger partial charge on any atom is -0.497 e. The Hall–Kier alpha value is -1.26. The summed E-state index contributed by atoms with van der Waals surface area (Å²) >= 11 is 0. The molecule has 0 unspecified atom stereocenters. The summed E-state index contributed by atoms with van der Waals surface area (Å²) in [6.45, 7) is 10.6. The first kappa shape index (κ1) is 25.0. The van der Waals surface area contributed by atoms with Gasteiger partial charge in [0.25, 0.3) is 0 Å². The minimum absolute atomic E-state index is 0. The van der Waals surface area contributed by atoms with E-state index in [2.05, 4.69) is 45.1 Å². The van der Waals surface area contributed by atoms with E-state index < -0.39 is 0 Å². The molecular formula is C22H38IN5O2. The molecule has 1 aromatic rings. The summed E-state index contributed by atoms with van der Waals surface area (Å²) in [5, 5.41) is 3.48. The van der Waals surface area contributed by atoms with Gasteiger partial charge in [0.1, 0.15) is 5.75 Å². The molecule has 2 aliphatic rings. The maximum atomic E-state index is 5.37. The zero-order valence-electron chi connectivity index (χ0n) is 18.7. The van der Waals surface area contributed by atoms with Crippen molar-refractivity contribution in [2.45, 2.75) is 25.8 Å². The Morgan fingerprint density at radius 2 is 1.93 bits per heavy atom. The molecule has 7 nitrogen and oxygen atoms in total. The van der Waals surface area contributed by atoms with Crippen molar-refractivity contribution >= 4 is 35.6 Å². The molecule has 0 spiro atoms. The third-order valence-electron chi connectivity index (χ3n) is 5.63. The van der Waals surface area contributed by atoms with Crippen LogP contribution < -0.4 is 15.0 Å². The van der Waals surface area contributed by atoms with Gasteiger partial charge in [-0.1, -0.05) is 6.07 Å². The van der Waals surface area contributed by atoms with Crippen molar-refractivity contribution in [1.82, 2.24) is 15.1 Å². The van der Waals surface area contributed by atoms with Crippen LogP contribution in [0.1, 0.15) is 19.8 Å². The zero-order chi connectivity index (χ0) is 20.5. The Morgan fingerprint density at radius 3 is 2.57 bits per heavy atom. The number of methoxy groups -OCH3 is 2. The highest BCUT2D eigenvalue weighted by Crippen LogP contribution is 2.26. The number of aliphatic imine (C=N–C) groups is 1. The van der Waals surface area contributed by atoms with Crippen molar-refractivity contribution in [3.63, 3.8) is 0 Å². The highest BCUT2D eigenvalue weighted by atomic mass is 127. The van der Waals surface area contributed by atoms with Crippen molar-refractivity contribution < 1.29 is 9.47 Å². The molecule has 1 aliphatic heterocycles. The first-order chi connectivity index (χ1) is 14.2. The van der Waals surface area contributed by atoms with Crippen LogP contribution in [0.15, 0.2) is 29.3 Å². The van der Waals surface area contributed by atoms with Gasteiger partial charge in [-0.25, -0.2) is 0 Å². The summed E-state index contributed by atoms with van der Waals surface area (Å²) in [7, 11) is 3.49. The lowest BCUT2D eigenvalue weighted by Crippen LogP contribution is -2.52. The molecule has 0 bridgehead atoms. The number of halogens is 1. The molecule has 1 saturated heterocycles. The number of piperazine rings is 1. The van der Waals surface area contributed by atoms with Crippen LogP contribution >= 0.6 is 24.0 Å². The zero-order valence-corrected chi connectivity index (χ0v) is 21.0. The van der Waals surface area contributed by atoms with Gasteiger partial charge in [0.15, 0.2) is 5.96 Å². The van der Waals surface area contributed by atoms with Gasteiger partial charge in [0.2, 0.25) is 0 Å². The van der Waals surface area contributed by atoms with E-state index in [-0.39, 0.29) is 24.0 Å². The second-order valence-corrected chi connectivity index (χ2v) is 7.67. The Morgan fingerprint density at radius 1 is 1.17 bits per heavy atom. The lowest BCUT2D eigenvalue weighted by molar-refractivity contribution is 0.145. The Kier molecular flexibility index (Phi) is 11.0. The van der Waals surface area contributed by atoms with Gasteiger partial charge in [-0.3, -0.25) is 9.89 Å². The summed E-state index contributed by atoms with van der Waals surface area (Å²) in [4.78, 5) is 12.3. The average molecular weight is 531 g/mol. The fourth-order valence-electron chi connectivity index (χ4n) is 3.82. The number of hydrogen-bond acceptors (Lipinski definition) is 5. The van der Waals surface area contributed by atoms with Gasteiger partial charge in [-0.05, 0) is 31.9 Å². The SMILES string of the molecule is CCNC(=NCCN(CCOC)C1CC1)N1CCN(c2cccc(OC)c2)CC1.I. The standard InChI is InChI=1S/C22H37N5O2.HI/c1-4-23-22(24-10-11-25(16-17-28-2)19-8-9-19)27-14-12-26(13-15-27)20-6-5-7-21(18-20)29-3;/h5-7,18-19H,4,8-17H2,1-3H3,(H,23,24);1H. The Labute approximate surface area is 198 Å². The number of rotatable bonds is 10. The lowest BCUT2D eigenvalue weighted by atomic mass is 10.2. The fourth-order valence-corrected chi connectivity index (χ4v) is 3.82. The molecule has 0 aromatic heterocycles. The number of nitrogens with zero attached hydrogens (tertiary/aromatic N) is 4. The first-order valence-corrected chi connectivity index (χ1v) is 10.9. The third kappa shape index (κ3) is 7.46. The number of ether oxygens (including phenoxy) is 2. The highest BCUT2D eigenvalue weighted by molar-refractivity contribution is 14.0. The predicted molar refractivity (Wildman–Crippen MR) is 135 cm³/mol. The second-order valence-electron chi connectivity index (χ2n) is 7.67. The van der Waals surface area contributed by atoms with Crippen molar-refractivity contribution in [1.29, 1.82) is 0 Å². The monoisotopic (exact) mass is 531 g/mol. The Bertz CT molecular complexity index is 648. The van der Waals surface area contributed by atoms with E-state index in [9.17, 15) is 0 Å². The Balaban J connectivity index is 0.00000320. The minimum atomic E-state index is 0. The van der Waals surface area contributed by atoms with Crippen molar-refractivity contribution in [3.8, 4) is 5.75 Å².